The number of hydrogen-bond acceptors (Lipinski definition) is 10. The van der Waals surface area contributed by atoms with Crippen LogP contribution >= 0.6 is 23.8 Å². The van der Waals surface area contributed by atoms with Gasteiger partial charge in [0.25, 0.3) is 5.91 Å². The van der Waals surface area contributed by atoms with Crippen molar-refractivity contribution in [3.8, 4) is 11.8 Å². The summed E-state index contributed by atoms with van der Waals surface area (Å²) in [4.78, 5) is 58.1. The van der Waals surface area contributed by atoms with Crippen molar-refractivity contribution in [1.82, 2.24) is 15.1 Å². The molecule has 13 nitrogen and oxygen atoms in total. The molecule has 0 aliphatic carbocycles. The summed E-state index contributed by atoms with van der Waals surface area (Å²) in [6.07, 6.45) is 1.41. The van der Waals surface area contributed by atoms with Crippen LogP contribution in [-0.2, 0) is 25.6 Å². The van der Waals surface area contributed by atoms with Crippen molar-refractivity contribution in [2.45, 2.75) is 64.6 Å². The van der Waals surface area contributed by atoms with Gasteiger partial charge in [0.1, 0.15) is 30.0 Å². The first-order valence-electron chi connectivity index (χ1n) is 18.4. The maximum Gasteiger partial charge on any atom is 0.259 e. The second kappa shape index (κ2) is 16.7. The van der Waals surface area contributed by atoms with Gasteiger partial charge in [0, 0.05) is 55.7 Å². The van der Waals surface area contributed by atoms with Gasteiger partial charge in [-0.15, -0.1) is 0 Å². The van der Waals surface area contributed by atoms with Crippen molar-refractivity contribution in [2.75, 3.05) is 59.8 Å². The molecule has 3 aliphatic heterocycles. The predicted octanol–water partition coefficient (Wildman–Crippen LogP) is 4.93. The third-order valence-electron chi connectivity index (χ3n) is 10.3. The number of carbonyl (C=O) groups excluding carboxylic acids is 4. The summed E-state index contributed by atoms with van der Waals surface area (Å²) in [5, 5.41) is 18.3. The monoisotopic (exact) mass is 784 g/mol. The zero-order valence-electron chi connectivity index (χ0n) is 31.4. The van der Waals surface area contributed by atoms with Crippen LogP contribution in [-0.4, -0.2) is 95.5 Å². The molecule has 3 aliphatic rings. The average Bonchev–Trinajstić information content (AvgIpc) is 3.32. The summed E-state index contributed by atoms with van der Waals surface area (Å²) >= 11 is 12.2. The highest BCUT2D eigenvalue weighted by molar-refractivity contribution is 7.81. The minimum atomic E-state index is -0.966. The van der Waals surface area contributed by atoms with Gasteiger partial charge < -0.3 is 20.3 Å². The third-order valence-corrected chi connectivity index (χ3v) is 10.9. The summed E-state index contributed by atoms with van der Waals surface area (Å²) in [5.41, 5.74) is 2.95. The second-order valence-corrected chi connectivity index (χ2v) is 15.3. The van der Waals surface area contributed by atoms with Gasteiger partial charge in [-0.2, -0.15) is 5.26 Å². The van der Waals surface area contributed by atoms with Gasteiger partial charge in [-0.05, 0) is 106 Å². The highest BCUT2D eigenvalue weighted by Gasteiger charge is 2.50. The predicted molar refractivity (Wildman–Crippen MR) is 216 cm³/mol. The van der Waals surface area contributed by atoms with E-state index in [0.717, 1.165) is 43.2 Å². The number of nitriles is 1. The molecule has 3 heterocycles. The van der Waals surface area contributed by atoms with Gasteiger partial charge in [-0.25, -0.2) is 0 Å². The lowest BCUT2D eigenvalue weighted by atomic mass is 10.0. The van der Waals surface area contributed by atoms with E-state index in [9.17, 15) is 24.4 Å². The van der Waals surface area contributed by atoms with E-state index in [1.54, 1.807) is 36.4 Å². The summed E-state index contributed by atoms with van der Waals surface area (Å²) < 4.78 is 6.30. The molecule has 3 fully saturated rings. The van der Waals surface area contributed by atoms with E-state index in [2.05, 4.69) is 39.6 Å². The number of amides is 4. The molecule has 2 atom stereocenters. The molecule has 3 saturated heterocycles. The Bertz CT molecular complexity index is 2050. The van der Waals surface area contributed by atoms with Crippen LogP contribution in [0, 0.1) is 11.3 Å². The fourth-order valence-corrected chi connectivity index (χ4v) is 7.95. The fraction of sp³-hybridized carbons (Fsp3) is 0.400. The first-order chi connectivity index (χ1) is 26.3. The van der Waals surface area contributed by atoms with E-state index in [1.807, 2.05) is 49.1 Å². The molecule has 3 aromatic rings. The highest BCUT2D eigenvalue weighted by Crippen LogP contribution is 2.39. The number of imide groups is 1. The Morgan fingerprint density at radius 1 is 1.07 bits per heavy atom. The van der Waals surface area contributed by atoms with Crippen molar-refractivity contribution in [2.24, 2.45) is 0 Å². The Hall–Kier alpha value is -5.07. The first kappa shape index (κ1) is 39.6. The van der Waals surface area contributed by atoms with E-state index in [1.165, 1.54) is 4.90 Å². The van der Waals surface area contributed by atoms with E-state index < -0.39 is 11.6 Å². The van der Waals surface area contributed by atoms with E-state index >= 15 is 0 Å². The Kier molecular flexibility index (Phi) is 12.1. The maximum absolute atomic E-state index is 13.7. The molecule has 0 bridgehead atoms. The van der Waals surface area contributed by atoms with Crippen LogP contribution in [0.2, 0.25) is 5.02 Å². The summed E-state index contributed by atoms with van der Waals surface area (Å²) in [6, 6.07) is 19.6. The molecule has 3 N–H and O–H groups in total. The number of ether oxygens (including phenoxy) is 1. The Labute approximate surface area is 331 Å². The number of piperidine rings is 1. The molecule has 0 aromatic heterocycles. The zero-order valence-corrected chi connectivity index (χ0v) is 32.9. The van der Waals surface area contributed by atoms with Crippen molar-refractivity contribution < 1.29 is 23.9 Å². The lowest BCUT2D eigenvalue weighted by Gasteiger charge is -2.39. The van der Waals surface area contributed by atoms with Crippen LogP contribution < -0.4 is 30.5 Å². The SMILES string of the molecule is CCc1cc(N2C(=S)N(c3ccc(C#N)c(Cl)c3)C(=O)C2(C)C)ccc1OCCN1CCN(CC(=O)Nc2cccc(NC3CCC(=O)NC3=O)c2)C(C)C1. The minimum absolute atomic E-state index is 0.119. The smallest absolute Gasteiger partial charge is 0.259 e. The third kappa shape index (κ3) is 8.76. The number of aryl methyl sites for hydroxylation is 1. The summed E-state index contributed by atoms with van der Waals surface area (Å²) in [5.74, 6) is -0.156. The normalized spacial score (nSPS) is 20.3. The molecule has 0 radical (unpaired) electrons. The average molecular weight is 785 g/mol. The molecular formula is C40H45ClN8O5S. The van der Waals surface area contributed by atoms with Gasteiger partial charge in [0.15, 0.2) is 5.11 Å². The first-order valence-corrected chi connectivity index (χ1v) is 19.2. The quantitative estimate of drug-likeness (QED) is 0.170. The van der Waals surface area contributed by atoms with Gasteiger partial charge >= 0.3 is 0 Å². The van der Waals surface area contributed by atoms with Crippen molar-refractivity contribution in [3.05, 3.63) is 76.8 Å². The van der Waals surface area contributed by atoms with Crippen molar-refractivity contribution >= 4 is 75.3 Å². The van der Waals surface area contributed by atoms with E-state index in [4.69, 9.17) is 28.6 Å². The van der Waals surface area contributed by atoms with Crippen LogP contribution in [0.4, 0.5) is 22.7 Å². The minimum Gasteiger partial charge on any atom is -0.492 e. The Morgan fingerprint density at radius 3 is 2.55 bits per heavy atom. The summed E-state index contributed by atoms with van der Waals surface area (Å²) in [6.45, 7) is 11.6. The van der Waals surface area contributed by atoms with Crippen LogP contribution in [0.15, 0.2) is 60.7 Å². The van der Waals surface area contributed by atoms with Crippen LogP contribution in [0.25, 0.3) is 0 Å². The van der Waals surface area contributed by atoms with Crippen LogP contribution in [0.1, 0.15) is 51.7 Å². The fourth-order valence-electron chi connectivity index (χ4n) is 7.21. The molecule has 6 rings (SSSR count). The highest BCUT2D eigenvalue weighted by atomic mass is 35.5. The molecule has 288 valence electrons. The number of rotatable bonds is 12. The van der Waals surface area contributed by atoms with Crippen LogP contribution in [0.5, 0.6) is 5.75 Å². The van der Waals surface area contributed by atoms with Gasteiger partial charge in [-0.3, -0.25) is 39.2 Å². The van der Waals surface area contributed by atoms with Gasteiger partial charge in [0.2, 0.25) is 17.7 Å². The number of piperazine rings is 1. The summed E-state index contributed by atoms with van der Waals surface area (Å²) in [7, 11) is 0. The number of thiocarbonyl (C=S) groups is 1. The molecule has 0 saturated carbocycles. The Balaban J connectivity index is 0.992. The number of nitrogens with zero attached hydrogens (tertiary/aromatic N) is 5. The molecule has 55 heavy (non-hydrogen) atoms. The number of carbonyl (C=O) groups is 4. The van der Waals surface area contributed by atoms with Crippen LogP contribution in [0.3, 0.4) is 0 Å². The topological polar surface area (TPSA) is 150 Å². The number of nitrogens with one attached hydrogen (secondary N) is 3. The maximum atomic E-state index is 13.7. The molecule has 4 amide bonds. The van der Waals surface area contributed by atoms with Crippen molar-refractivity contribution in [1.29, 1.82) is 5.26 Å². The van der Waals surface area contributed by atoms with Gasteiger partial charge in [-0.1, -0.05) is 24.6 Å². The number of halogens is 1. The van der Waals surface area contributed by atoms with Gasteiger partial charge in [0.05, 0.1) is 22.8 Å². The second-order valence-electron chi connectivity index (χ2n) is 14.5. The molecule has 0 spiro atoms. The zero-order chi connectivity index (χ0) is 39.4. The van der Waals surface area contributed by atoms with E-state index in [-0.39, 0.29) is 47.7 Å². The number of anilines is 4. The molecule has 2 unspecified atom stereocenters. The number of hydrogen-bond donors (Lipinski definition) is 3. The van der Waals surface area contributed by atoms with Crippen molar-refractivity contribution in [3.63, 3.8) is 0 Å². The standard InChI is InChI=1S/C40H45ClN8O5S/c1-5-26-19-31(49-39(55)48(38(53)40(49,3)4)30-10-9-27(22-42)32(41)21-30)11-13-34(26)54-18-17-46-15-16-47(25(2)23-46)24-36(51)44-29-8-6-7-28(20-29)43-33-12-14-35(50)45-37(33)52/h6-11,13,19-21,25,33,43H,5,12,14-18,23-24H2,1-4H3,(H,44,51)(H,45,50,52). The molecule has 3 aromatic carbocycles. The molecular weight excluding hydrogens is 740 g/mol. The largest absolute Gasteiger partial charge is 0.492 e. The van der Waals surface area contributed by atoms with E-state index in [0.29, 0.717) is 47.2 Å². The Morgan fingerprint density at radius 2 is 1.84 bits per heavy atom. The lowest BCUT2D eigenvalue weighted by Crippen LogP contribution is -2.54. The number of benzene rings is 3. The molecule has 15 heteroatoms. The lowest BCUT2D eigenvalue weighted by molar-refractivity contribution is -0.133.